The van der Waals surface area contributed by atoms with Gasteiger partial charge in [0, 0.05) is 5.56 Å². The lowest BCUT2D eigenvalue weighted by atomic mass is 10.1. The Balaban J connectivity index is 3.08. The summed E-state index contributed by atoms with van der Waals surface area (Å²) in [6.45, 7) is 0. The SMILES string of the molecule is O=C(O)Cc1cc(F)c(Br)cc1O. The summed E-state index contributed by atoms with van der Waals surface area (Å²) in [7, 11) is 0. The summed E-state index contributed by atoms with van der Waals surface area (Å²) in [6, 6.07) is 2.13. The molecule has 3 nitrogen and oxygen atoms in total. The summed E-state index contributed by atoms with van der Waals surface area (Å²) in [5, 5.41) is 17.6. The number of halogens is 2. The van der Waals surface area contributed by atoms with E-state index < -0.39 is 18.2 Å². The zero-order valence-electron chi connectivity index (χ0n) is 6.42. The van der Waals surface area contributed by atoms with Crippen molar-refractivity contribution in [3.63, 3.8) is 0 Å². The summed E-state index contributed by atoms with van der Waals surface area (Å²) in [5.41, 5.74) is 0.0631. The lowest BCUT2D eigenvalue weighted by Crippen LogP contribution is -2.00. The topological polar surface area (TPSA) is 57.5 Å². The van der Waals surface area contributed by atoms with Crippen molar-refractivity contribution in [2.75, 3.05) is 0 Å². The van der Waals surface area contributed by atoms with Crippen LogP contribution in [0.15, 0.2) is 16.6 Å². The number of aliphatic carboxylic acids is 1. The van der Waals surface area contributed by atoms with Gasteiger partial charge in [-0.25, -0.2) is 4.39 Å². The smallest absolute Gasteiger partial charge is 0.307 e. The maximum atomic E-state index is 12.9. The molecule has 13 heavy (non-hydrogen) atoms. The average Bonchev–Trinajstić information content (AvgIpc) is 1.99. The Labute approximate surface area is 81.9 Å². The first-order chi connectivity index (χ1) is 6.00. The zero-order chi connectivity index (χ0) is 10.0. The van der Waals surface area contributed by atoms with Gasteiger partial charge < -0.3 is 10.2 Å². The Hall–Kier alpha value is -1.10. The molecule has 0 atom stereocenters. The van der Waals surface area contributed by atoms with Crippen molar-refractivity contribution in [1.29, 1.82) is 0 Å². The van der Waals surface area contributed by atoms with Crippen LogP contribution in [0.25, 0.3) is 0 Å². The second-order valence-corrected chi connectivity index (χ2v) is 3.32. The van der Waals surface area contributed by atoms with E-state index in [1.54, 1.807) is 0 Å². The third-order valence-electron chi connectivity index (χ3n) is 1.46. The molecule has 0 aliphatic rings. The predicted molar refractivity (Wildman–Crippen MR) is 47.1 cm³/mol. The highest BCUT2D eigenvalue weighted by Crippen LogP contribution is 2.25. The van der Waals surface area contributed by atoms with E-state index in [4.69, 9.17) is 5.11 Å². The molecule has 1 rings (SSSR count). The maximum absolute atomic E-state index is 12.9. The Bertz CT molecular complexity index is 351. The standard InChI is InChI=1S/C8H6BrFO3/c9-5-3-7(11)4(1-6(5)10)2-8(12)13/h1,3,11H,2H2,(H,12,13). The first-order valence-electron chi connectivity index (χ1n) is 3.39. The average molecular weight is 249 g/mol. The molecule has 0 bridgehead atoms. The number of phenolic OH excluding ortho intramolecular Hbond substituents is 1. The van der Waals surface area contributed by atoms with Crippen molar-refractivity contribution in [2.45, 2.75) is 6.42 Å². The molecule has 0 aromatic heterocycles. The van der Waals surface area contributed by atoms with Crippen molar-refractivity contribution in [2.24, 2.45) is 0 Å². The van der Waals surface area contributed by atoms with Crippen LogP contribution < -0.4 is 0 Å². The number of benzene rings is 1. The number of carboxylic acid groups (broad SMARTS) is 1. The normalized spacial score (nSPS) is 10.0. The van der Waals surface area contributed by atoms with Crippen LogP contribution in [0.2, 0.25) is 0 Å². The van der Waals surface area contributed by atoms with Crippen LogP contribution in [0.1, 0.15) is 5.56 Å². The minimum absolute atomic E-state index is 0.0631. The van der Waals surface area contributed by atoms with Crippen molar-refractivity contribution < 1.29 is 19.4 Å². The molecule has 0 amide bonds. The molecule has 0 radical (unpaired) electrons. The number of carboxylic acids is 1. The summed E-state index contributed by atoms with van der Waals surface area (Å²) >= 11 is 2.86. The zero-order valence-corrected chi connectivity index (χ0v) is 8.01. The molecule has 0 aliphatic heterocycles. The van der Waals surface area contributed by atoms with E-state index in [0.29, 0.717) is 0 Å². The van der Waals surface area contributed by atoms with E-state index in [1.807, 2.05) is 0 Å². The van der Waals surface area contributed by atoms with Crippen LogP contribution in [0, 0.1) is 5.82 Å². The van der Waals surface area contributed by atoms with Crippen LogP contribution in [0.3, 0.4) is 0 Å². The highest BCUT2D eigenvalue weighted by atomic mass is 79.9. The van der Waals surface area contributed by atoms with Gasteiger partial charge in [0.1, 0.15) is 11.6 Å². The molecular formula is C8H6BrFO3. The van der Waals surface area contributed by atoms with Crippen molar-refractivity contribution in [3.8, 4) is 5.75 Å². The summed E-state index contributed by atoms with van der Waals surface area (Å²) in [5.74, 6) is -1.93. The van der Waals surface area contributed by atoms with Gasteiger partial charge in [-0.1, -0.05) is 0 Å². The van der Waals surface area contributed by atoms with Gasteiger partial charge in [-0.3, -0.25) is 4.79 Å². The van der Waals surface area contributed by atoms with E-state index in [1.165, 1.54) is 0 Å². The highest BCUT2D eigenvalue weighted by molar-refractivity contribution is 9.10. The van der Waals surface area contributed by atoms with Crippen LogP contribution in [-0.2, 0) is 11.2 Å². The predicted octanol–water partition coefficient (Wildman–Crippen LogP) is 1.92. The quantitative estimate of drug-likeness (QED) is 0.841. The monoisotopic (exact) mass is 248 g/mol. The number of carbonyl (C=O) groups is 1. The Morgan fingerprint density at radius 3 is 2.69 bits per heavy atom. The molecular weight excluding hydrogens is 243 g/mol. The van der Waals surface area contributed by atoms with E-state index >= 15 is 0 Å². The van der Waals surface area contributed by atoms with Crippen molar-refractivity contribution >= 4 is 21.9 Å². The number of hydrogen-bond acceptors (Lipinski definition) is 2. The lowest BCUT2D eigenvalue weighted by Gasteiger charge is -2.02. The molecule has 5 heteroatoms. The van der Waals surface area contributed by atoms with Gasteiger partial charge in [0.15, 0.2) is 0 Å². The minimum atomic E-state index is -1.11. The van der Waals surface area contributed by atoms with E-state index in [0.717, 1.165) is 12.1 Å². The lowest BCUT2D eigenvalue weighted by molar-refractivity contribution is -0.136. The largest absolute Gasteiger partial charge is 0.508 e. The van der Waals surface area contributed by atoms with E-state index in [2.05, 4.69) is 15.9 Å². The molecule has 0 fully saturated rings. The fourth-order valence-electron chi connectivity index (χ4n) is 0.882. The third kappa shape index (κ3) is 2.42. The summed E-state index contributed by atoms with van der Waals surface area (Å²) in [4.78, 5) is 10.3. The van der Waals surface area contributed by atoms with Crippen LogP contribution in [0.5, 0.6) is 5.75 Å². The number of hydrogen-bond donors (Lipinski definition) is 2. The maximum Gasteiger partial charge on any atom is 0.307 e. The van der Waals surface area contributed by atoms with Gasteiger partial charge in [-0.15, -0.1) is 0 Å². The van der Waals surface area contributed by atoms with Crippen LogP contribution in [-0.4, -0.2) is 16.2 Å². The van der Waals surface area contributed by atoms with Crippen LogP contribution in [0.4, 0.5) is 4.39 Å². The Morgan fingerprint density at radius 1 is 1.54 bits per heavy atom. The molecule has 2 N–H and O–H groups in total. The van der Waals surface area contributed by atoms with Gasteiger partial charge >= 0.3 is 5.97 Å². The van der Waals surface area contributed by atoms with Gasteiger partial charge in [0.25, 0.3) is 0 Å². The molecule has 0 saturated heterocycles. The Morgan fingerprint density at radius 2 is 2.15 bits per heavy atom. The van der Waals surface area contributed by atoms with Gasteiger partial charge in [-0.2, -0.15) is 0 Å². The second kappa shape index (κ2) is 3.74. The summed E-state index contributed by atoms with van der Waals surface area (Å²) < 4.78 is 13.0. The summed E-state index contributed by atoms with van der Waals surface area (Å²) in [6.07, 6.45) is -0.393. The molecule has 0 saturated carbocycles. The fraction of sp³-hybridized carbons (Fsp3) is 0.125. The Kier molecular flexibility index (Phi) is 2.87. The number of aromatic hydroxyl groups is 1. The minimum Gasteiger partial charge on any atom is -0.508 e. The molecule has 0 aliphatic carbocycles. The number of phenols is 1. The first kappa shape index (κ1) is 9.98. The molecule has 70 valence electrons. The molecule has 1 aromatic rings. The molecule has 0 unspecified atom stereocenters. The van der Waals surface area contributed by atoms with Crippen LogP contribution >= 0.6 is 15.9 Å². The fourth-order valence-corrected chi connectivity index (χ4v) is 1.21. The first-order valence-corrected chi connectivity index (χ1v) is 4.18. The molecule has 1 aromatic carbocycles. The number of rotatable bonds is 2. The highest BCUT2D eigenvalue weighted by Gasteiger charge is 2.10. The van der Waals surface area contributed by atoms with E-state index in [-0.39, 0.29) is 15.8 Å². The van der Waals surface area contributed by atoms with Crippen molar-refractivity contribution in [3.05, 3.63) is 28.0 Å². The second-order valence-electron chi connectivity index (χ2n) is 2.47. The van der Waals surface area contributed by atoms with Crippen molar-refractivity contribution in [1.82, 2.24) is 0 Å². The molecule has 0 spiro atoms. The molecule has 0 heterocycles. The van der Waals surface area contributed by atoms with Gasteiger partial charge in [-0.05, 0) is 28.1 Å². The third-order valence-corrected chi connectivity index (χ3v) is 2.07. The van der Waals surface area contributed by atoms with Gasteiger partial charge in [0.05, 0.1) is 10.9 Å². The van der Waals surface area contributed by atoms with Gasteiger partial charge in [0.2, 0.25) is 0 Å². The van der Waals surface area contributed by atoms with E-state index in [9.17, 15) is 14.3 Å².